The Labute approximate surface area is 159 Å². The van der Waals surface area contributed by atoms with Gasteiger partial charge in [-0.2, -0.15) is 5.10 Å². The van der Waals surface area contributed by atoms with Gasteiger partial charge in [-0.25, -0.2) is 10.2 Å². The molecule has 3 rings (SSSR count). The van der Waals surface area contributed by atoms with Crippen molar-refractivity contribution < 1.29 is 23.5 Å². The number of nitrogens with one attached hydrogen (secondary N) is 2. The fourth-order valence-corrected chi connectivity index (χ4v) is 4.13. The number of carbonyl (C=O) groups excluding carboxylic acids is 3. The number of hydrogen-bond acceptors (Lipinski definition) is 7. The second-order valence-electron chi connectivity index (χ2n) is 5.98. The molecule has 8 nitrogen and oxygen atoms in total. The average Bonchev–Trinajstić information content (AvgIpc) is 3.32. The average molecular weight is 389 g/mol. The van der Waals surface area contributed by atoms with Crippen LogP contribution in [-0.2, 0) is 27.2 Å². The maximum absolute atomic E-state index is 12.2. The van der Waals surface area contributed by atoms with Gasteiger partial charge in [0.1, 0.15) is 16.5 Å². The zero-order chi connectivity index (χ0) is 19.4. The molecule has 2 heterocycles. The predicted octanol–water partition coefficient (Wildman–Crippen LogP) is 2.49. The van der Waals surface area contributed by atoms with Gasteiger partial charge in [0.15, 0.2) is 0 Å². The lowest BCUT2D eigenvalue weighted by atomic mass is 9.95. The van der Waals surface area contributed by atoms with Gasteiger partial charge in [-0.1, -0.05) is 0 Å². The first kappa shape index (κ1) is 18.8. The number of fused-ring (bicyclic) bond motifs is 1. The number of rotatable bonds is 4. The van der Waals surface area contributed by atoms with Crippen molar-refractivity contribution in [2.75, 3.05) is 12.4 Å². The van der Waals surface area contributed by atoms with Gasteiger partial charge in [-0.05, 0) is 50.3 Å². The first-order chi connectivity index (χ1) is 13.0. The van der Waals surface area contributed by atoms with Crippen LogP contribution in [-0.4, -0.2) is 30.6 Å². The van der Waals surface area contributed by atoms with E-state index in [9.17, 15) is 14.4 Å². The SMILES string of the molecule is COC(=O)c1c(NC(=O)C(=O)N/N=C(/C)c2ccco2)sc2c1CCCC2. The number of carbonyl (C=O) groups is 3. The topological polar surface area (TPSA) is 110 Å². The fraction of sp³-hybridized carbons (Fsp3) is 0.333. The number of hydrogen-bond donors (Lipinski definition) is 2. The van der Waals surface area contributed by atoms with Gasteiger partial charge in [0.2, 0.25) is 0 Å². The Morgan fingerprint density at radius 3 is 2.70 bits per heavy atom. The van der Waals surface area contributed by atoms with E-state index >= 15 is 0 Å². The number of furan rings is 1. The van der Waals surface area contributed by atoms with Crippen molar-refractivity contribution in [3.05, 3.63) is 40.2 Å². The highest BCUT2D eigenvalue weighted by atomic mass is 32.1. The molecule has 0 bridgehead atoms. The lowest BCUT2D eigenvalue weighted by molar-refractivity contribution is -0.136. The number of hydrazone groups is 1. The predicted molar refractivity (Wildman–Crippen MR) is 100.0 cm³/mol. The molecule has 2 aromatic rings. The van der Waals surface area contributed by atoms with Crippen LogP contribution in [0.4, 0.5) is 5.00 Å². The van der Waals surface area contributed by atoms with Crippen LogP contribution in [0.3, 0.4) is 0 Å². The molecule has 1 aliphatic carbocycles. The fourth-order valence-electron chi connectivity index (χ4n) is 2.86. The van der Waals surface area contributed by atoms with Crippen molar-refractivity contribution in [2.45, 2.75) is 32.6 Å². The molecule has 0 aliphatic heterocycles. The van der Waals surface area contributed by atoms with E-state index in [1.54, 1.807) is 19.1 Å². The molecule has 9 heteroatoms. The van der Waals surface area contributed by atoms with Crippen molar-refractivity contribution in [1.82, 2.24) is 5.43 Å². The summed E-state index contributed by atoms with van der Waals surface area (Å²) in [5.41, 5.74) is 3.84. The Morgan fingerprint density at radius 2 is 2.00 bits per heavy atom. The minimum Gasteiger partial charge on any atom is -0.465 e. The van der Waals surface area contributed by atoms with E-state index in [4.69, 9.17) is 9.15 Å². The Balaban J connectivity index is 1.73. The van der Waals surface area contributed by atoms with Crippen LogP contribution in [0, 0.1) is 0 Å². The minimum absolute atomic E-state index is 0.334. The summed E-state index contributed by atoms with van der Waals surface area (Å²) in [6, 6.07) is 3.37. The number of amides is 2. The summed E-state index contributed by atoms with van der Waals surface area (Å²) in [6.07, 6.45) is 5.09. The first-order valence-electron chi connectivity index (χ1n) is 8.43. The maximum Gasteiger partial charge on any atom is 0.341 e. The summed E-state index contributed by atoms with van der Waals surface area (Å²) in [5.74, 6) is -1.88. The van der Waals surface area contributed by atoms with Crippen LogP contribution in [0.5, 0.6) is 0 Å². The van der Waals surface area contributed by atoms with E-state index in [1.807, 2.05) is 0 Å². The number of ether oxygens (including phenoxy) is 1. The van der Waals surface area contributed by atoms with Crippen molar-refractivity contribution >= 4 is 39.8 Å². The molecule has 27 heavy (non-hydrogen) atoms. The quantitative estimate of drug-likeness (QED) is 0.361. The molecule has 0 radical (unpaired) electrons. The third-order valence-corrected chi connectivity index (χ3v) is 5.40. The third-order valence-electron chi connectivity index (χ3n) is 4.20. The van der Waals surface area contributed by atoms with Crippen molar-refractivity contribution in [1.29, 1.82) is 0 Å². The van der Waals surface area contributed by atoms with E-state index in [1.165, 1.54) is 24.7 Å². The minimum atomic E-state index is -0.942. The van der Waals surface area contributed by atoms with Gasteiger partial charge in [-0.15, -0.1) is 11.3 Å². The van der Waals surface area contributed by atoms with Crippen LogP contribution in [0.15, 0.2) is 27.9 Å². The molecule has 2 N–H and O–H groups in total. The molecule has 0 spiro atoms. The molecule has 2 aromatic heterocycles. The normalized spacial score (nSPS) is 13.6. The number of aryl methyl sites for hydroxylation is 1. The summed E-state index contributed by atoms with van der Waals surface area (Å²) in [6.45, 7) is 1.64. The molecule has 2 amide bonds. The van der Waals surface area contributed by atoms with Gasteiger partial charge >= 0.3 is 17.8 Å². The maximum atomic E-state index is 12.2. The highest BCUT2D eigenvalue weighted by Gasteiger charge is 2.28. The summed E-state index contributed by atoms with van der Waals surface area (Å²) >= 11 is 1.31. The number of anilines is 1. The van der Waals surface area contributed by atoms with Gasteiger partial charge in [0, 0.05) is 4.88 Å². The van der Waals surface area contributed by atoms with Crippen LogP contribution in [0.25, 0.3) is 0 Å². The molecule has 0 atom stereocenters. The van der Waals surface area contributed by atoms with Gasteiger partial charge in [0.25, 0.3) is 0 Å². The molecule has 0 saturated carbocycles. The Bertz CT molecular complexity index is 898. The molecule has 0 unspecified atom stereocenters. The highest BCUT2D eigenvalue weighted by molar-refractivity contribution is 7.17. The Morgan fingerprint density at radius 1 is 1.22 bits per heavy atom. The summed E-state index contributed by atoms with van der Waals surface area (Å²) in [5, 5.41) is 6.69. The zero-order valence-electron chi connectivity index (χ0n) is 15.0. The zero-order valence-corrected chi connectivity index (χ0v) is 15.8. The van der Waals surface area contributed by atoms with Crippen LogP contribution in [0.1, 0.15) is 46.3 Å². The van der Waals surface area contributed by atoms with Gasteiger partial charge in [-0.3, -0.25) is 9.59 Å². The van der Waals surface area contributed by atoms with Crippen LogP contribution >= 0.6 is 11.3 Å². The van der Waals surface area contributed by atoms with Crippen LogP contribution in [0.2, 0.25) is 0 Å². The monoisotopic (exact) mass is 389 g/mol. The summed E-state index contributed by atoms with van der Waals surface area (Å²) in [4.78, 5) is 37.5. The lowest BCUT2D eigenvalue weighted by Crippen LogP contribution is -2.33. The molecule has 1 aliphatic rings. The van der Waals surface area contributed by atoms with E-state index < -0.39 is 17.8 Å². The van der Waals surface area contributed by atoms with E-state index in [0.29, 0.717) is 22.0 Å². The van der Waals surface area contributed by atoms with Crippen LogP contribution < -0.4 is 10.7 Å². The molecule has 0 fully saturated rings. The second-order valence-corrected chi connectivity index (χ2v) is 7.08. The van der Waals surface area contributed by atoms with Crippen molar-refractivity contribution in [3.63, 3.8) is 0 Å². The summed E-state index contributed by atoms with van der Waals surface area (Å²) in [7, 11) is 1.29. The molecular formula is C18H19N3O5S. The standard InChI is InChI=1S/C18H19N3O5S/c1-10(12-7-5-9-26-12)20-21-16(23)15(22)19-17-14(18(24)25-2)11-6-3-4-8-13(11)27-17/h5,7,9H,3-4,6,8H2,1-2H3,(H,19,22)(H,21,23)/b20-10-. The van der Waals surface area contributed by atoms with E-state index in [-0.39, 0.29) is 0 Å². The molecule has 0 saturated heterocycles. The molecule has 0 aromatic carbocycles. The van der Waals surface area contributed by atoms with Crippen molar-refractivity contribution in [3.8, 4) is 0 Å². The van der Waals surface area contributed by atoms with Gasteiger partial charge < -0.3 is 14.5 Å². The van der Waals surface area contributed by atoms with Crippen molar-refractivity contribution in [2.24, 2.45) is 5.10 Å². The van der Waals surface area contributed by atoms with E-state index in [2.05, 4.69) is 15.8 Å². The second kappa shape index (κ2) is 8.17. The smallest absolute Gasteiger partial charge is 0.341 e. The third kappa shape index (κ3) is 4.08. The largest absolute Gasteiger partial charge is 0.465 e. The number of methoxy groups -OCH3 is 1. The number of nitrogens with zero attached hydrogens (tertiary/aromatic N) is 1. The lowest BCUT2D eigenvalue weighted by Gasteiger charge is -2.11. The summed E-state index contributed by atoms with van der Waals surface area (Å²) < 4.78 is 10.00. The number of esters is 1. The first-order valence-corrected chi connectivity index (χ1v) is 9.25. The number of thiophene rings is 1. The Hall–Kier alpha value is -2.94. The molecule has 142 valence electrons. The van der Waals surface area contributed by atoms with E-state index in [0.717, 1.165) is 36.1 Å². The molecular weight excluding hydrogens is 370 g/mol. The van der Waals surface area contributed by atoms with Gasteiger partial charge in [0.05, 0.1) is 18.9 Å². The Kier molecular flexibility index (Phi) is 5.70. The highest BCUT2D eigenvalue weighted by Crippen LogP contribution is 2.38.